The van der Waals surface area contributed by atoms with E-state index in [2.05, 4.69) is 34.3 Å². The average molecular weight is 331 g/mol. The zero-order valence-corrected chi connectivity index (χ0v) is 14.4. The Hall–Kier alpha value is -2.41. The lowest BCUT2D eigenvalue weighted by atomic mass is 10.2. The van der Waals surface area contributed by atoms with E-state index in [1.807, 2.05) is 24.3 Å². The van der Waals surface area contributed by atoms with Crippen LogP contribution in [0.3, 0.4) is 0 Å². The molecule has 1 aromatic heterocycles. The number of aromatic nitrogens is 1. The Morgan fingerprint density at radius 2 is 2.00 bits per heavy atom. The van der Waals surface area contributed by atoms with E-state index in [0.717, 1.165) is 30.0 Å². The van der Waals surface area contributed by atoms with E-state index in [-0.39, 0.29) is 5.91 Å². The van der Waals surface area contributed by atoms with E-state index >= 15 is 0 Å². The SMILES string of the molecule is CCN(CC)c1ccc(C=NNC(=O)c2sc(N)nc2C)cc1. The van der Waals surface area contributed by atoms with Crippen LogP contribution >= 0.6 is 11.3 Å². The number of carbonyl (C=O) groups excluding carboxylic acids is 1. The first-order valence-corrected chi connectivity index (χ1v) is 8.28. The van der Waals surface area contributed by atoms with Crippen molar-refractivity contribution in [2.24, 2.45) is 5.10 Å². The fraction of sp³-hybridized carbons (Fsp3) is 0.312. The van der Waals surface area contributed by atoms with Gasteiger partial charge in [-0.05, 0) is 38.5 Å². The van der Waals surface area contributed by atoms with Crippen molar-refractivity contribution >= 4 is 34.3 Å². The minimum absolute atomic E-state index is 0.298. The molecule has 0 unspecified atom stereocenters. The van der Waals surface area contributed by atoms with Crippen LogP contribution in [0.2, 0.25) is 0 Å². The molecule has 0 bridgehead atoms. The number of amides is 1. The van der Waals surface area contributed by atoms with Gasteiger partial charge >= 0.3 is 0 Å². The summed E-state index contributed by atoms with van der Waals surface area (Å²) in [7, 11) is 0. The zero-order valence-electron chi connectivity index (χ0n) is 13.5. The van der Waals surface area contributed by atoms with Crippen molar-refractivity contribution in [1.29, 1.82) is 0 Å². The second kappa shape index (κ2) is 7.73. The number of hydrazone groups is 1. The second-order valence-corrected chi connectivity index (χ2v) is 5.96. The largest absolute Gasteiger partial charge is 0.375 e. The first kappa shape index (κ1) is 17.0. The number of nitrogens with two attached hydrogens (primary N) is 1. The molecule has 122 valence electrons. The predicted octanol–water partition coefficient (Wildman–Crippen LogP) is 2.64. The fourth-order valence-corrected chi connectivity index (χ4v) is 2.93. The van der Waals surface area contributed by atoms with E-state index in [0.29, 0.717) is 15.7 Å². The smallest absolute Gasteiger partial charge is 0.283 e. The Kier molecular flexibility index (Phi) is 5.70. The minimum atomic E-state index is -0.298. The van der Waals surface area contributed by atoms with Crippen LogP contribution < -0.4 is 16.1 Å². The molecule has 0 fully saturated rings. The minimum Gasteiger partial charge on any atom is -0.375 e. The number of benzene rings is 1. The fourth-order valence-electron chi connectivity index (χ4n) is 2.20. The Labute approximate surface area is 140 Å². The van der Waals surface area contributed by atoms with Gasteiger partial charge < -0.3 is 10.6 Å². The monoisotopic (exact) mass is 331 g/mol. The molecule has 2 aromatic rings. The molecule has 1 amide bonds. The average Bonchev–Trinajstić information content (AvgIpc) is 2.88. The molecule has 23 heavy (non-hydrogen) atoms. The Morgan fingerprint density at radius 3 is 2.52 bits per heavy atom. The van der Waals surface area contributed by atoms with Gasteiger partial charge in [-0.15, -0.1) is 0 Å². The maximum absolute atomic E-state index is 12.0. The molecule has 7 heteroatoms. The molecule has 1 aromatic carbocycles. The standard InChI is InChI=1S/C16H21N5OS/c1-4-21(5-2)13-8-6-12(7-9-13)10-18-20-15(22)14-11(3)19-16(17)23-14/h6-10H,4-5H2,1-3H3,(H2,17,19)(H,20,22). The molecule has 6 nitrogen and oxygen atoms in total. The highest BCUT2D eigenvalue weighted by molar-refractivity contribution is 7.17. The number of nitrogens with zero attached hydrogens (tertiary/aromatic N) is 3. The molecule has 3 N–H and O–H groups in total. The van der Waals surface area contributed by atoms with Crippen LogP contribution in [0.4, 0.5) is 10.8 Å². The highest BCUT2D eigenvalue weighted by Crippen LogP contribution is 2.19. The summed E-state index contributed by atoms with van der Waals surface area (Å²) in [5.74, 6) is -0.298. The summed E-state index contributed by atoms with van der Waals surface area (Å²) in [5.41, 5.74) is 10.8. The highest BCUT2D eigenvalue weighted by Gasteiger charge is 2.13. The number of hydrogen-bond acceptors (Lipinski definition) is 6. The lowest BCUT2D eigenvalue weighted by molar-refractivity contribution is 0.0958. The summed E-state index contributed by atoms with van der Waals surface area (Å²) < 4.78 is 0. The summed E-state index contributed by atoms with van der Waals surface area (Å²) in [6, 6.07) is 8.03. The van der Waals surface area contributed by atoms with Crippen LogP contribution in [-0.4, -0.2) is 30.2 Å². The van der Waals surface area contributed by atoms with Crippen LogP contribution in [0.5, 0.6) is 0 Å². The van der Waals surface area contributed by atoms with Crippen molar-refractivity contribution in [1.82, 2.24) is 10.4 Å². The van der Waals surface area contributed by atoms with Crippen molar-refractivity contribution in [3.8, 4) is 0 Å². The number of hydrogen-bond donors (Lipinski definition) is 2. The van der Waals surface area contributed by atoms with E-state index < -0.39 is 0 Å². The Morgan fingerprint density at radius 1 is 1.35 bits per heavy atom. The van der Waals surface area contributed by atoms with Gasteiger partial charge in [-0.2, -0.15) is 5.10 Å². The summed E-state index contributed by atoms with van der Waals surface area (Å²) in [6.45, 7) is 7.94. The third-order valence-electron chi connectivity index (χ3n) is 3.42. The first-order chi connectivity index (χ1) is 11.0. The van der Waals surface area contributed by atoms with Crippen LogP contribution in [-0.2, 0) is 0 Å². The molecule has 0 saturated heterocycles. The molecule has 0 spiro atoms. The van der Waals surface area contributed by atoms with Crippen LogP contribution in [0.1, 0.15) is 34.8 Å². The van der Waals surface area contributed by atoms with Crippen molar-refractivity contribution < 1.29 is 4.79 Å². The maximum Gasteiger partial charge on any atom is 0.283 e. The van der Waals surface area contributed by atoms with Crippen molar-refractivity contribution in [3.05, 3.63) is 40.4 Å². The number of nitrogens with one attached hydrogen (secondary N) is 1. The van der Waals surface area contributed by atoms with Crippen molar-refractivity contribution in [3.63, 3.8) is 0 Å². The molecular formula is C16H21N5OS. The van der Waals surface area contributed by atoms with Gasteiger partial charge in [0.1, 0.15) is 4.88 Å². The molecule has 0 aliphatic heterocycles. The number of thiazole rings is 1. The van der Waals surface area contributed by atoms with Gasteiger partial charge in [0.25, 0.3) is 5.91 Å². The second-order valence-electron chi connectivity index (χ2n) is 4.93. The molecule has 0 aliphatic carbocycles. The van der Waals surface area contributed by atoms with Crippen LogP contribution in [0.25, 0.3) is 0 Å². The number of anilines is 2. The van der Waals surface area contributed by atoms with E-state index in [4.69, 9.17) is 5.73 Å². The van der Waals surface area contributed by atoms with Crippen LogP contribution in [0, 0.1) is 6.92 Å². The van der Waals surface area contributed by atoms with E-state index in [1.54, 1.807) is 13.1 Å². The zero-order chi connectivity index (χ0) is 16.8. The third kappa shape index (κ3) is 4.29. The van der Waals surface area contributed by atoms with Gasteiger partial charge in [0.2, 0.25) is 0 Å². The maximum atomic E-state index is 12.0. The van der Waals surface area contributed by atoms with Gasteiger partial charge in [-0.3, -0.25) is 4.79 Å². The molecule has 0 radical (unpaired) electrons. The number of aryl methyl sites for hydroxylation is 1. The Balaban J connectivity index is 1.98. The number of rotatable bonds is 6. The molecule has 1 heterocycles. The van der Waals surface area contributed by atoms with Gasteiger partial charge in [-0.1, -0.05) is 23.5 Å². The van der Waals surface area contributed by atoms with Crippen molar-refractivity contribution in [2.45, 2.75) is 20.8 Å². The molecule has 0 saturated carbocycles. The molecule has 2 rings (SSSR count). The lowest BCUT2D eigenvalue weighted by Crippen LogP contribution is -2.21. The number of nitrogen functional groups attached to an aromatic ring is 1. The molecule has 0 aliphatic rings. The van der Waals surface area contributed by atoms with Crippen molar-refractivity contribution in [2.75, 3.05) is 23.7 Å². The normalized spacial score (nSPS) is 10.9. The summed E-state index contributed by atoms with van der Waals surface area (Å²) in [5, 5.41) is 4.36. The van der Waals surface area contributed by atoms with E-state index in [1.165, 1.54) is 5.69 Å². The van der Waals surface area contributed by atoms with Gasteiger partial charge in [0.15, 0.2) is 5.13 Å². The van der Waals surface area contributed by atoms with E-state index in [9.17, 15) is 4.79 Å². The topological polar surface area (TPSA) is 83.6 Å². The van der Waals surface area contributed by atoms with Gasteiger partial charge in [0, 0.05) is 18.8 Å². The predicted molar refractivity (Wildman–Crippen MR) is 96.3 cm³/mol. The molecular weight excluding hydrogens is 310 g/mol. The first-order valence-electron chi connectivity index (χ1n) is 7.46. The quantitative estimate of drug-likeness (QED) is 0.629. The summed E-state index contributed by atoms with van der Waals surface area (Å²) in [4.78, 5) is 18.7. The third-order valence-corrected chi connectivity index (χ3v) is 4.41. The number of carbonyl (C=O) groups is 1. The van der Waals surface area contributed by atoms with Gasteiger partial charge in [0.05, 0.1) is 11.9 Å². The molecule has 0 atom stereocenters. The lowest BCUT2D eigenvalue weighted by Gasteiger charge is -2.20. The van der Waals surface area contributed by atoms with Gasteiger partial charge in [-0.25, -0.2) is 10.4 Å². The highest BCUT2D eigenvalue weighted by atomic mass is 32.1. The summed E-state index contributed by atoms with van der Waals surface area (Å²) in [6.07, 6.45) is 1.61. The Bertz CT molecular complexity index is 689. The van der Waals surface area contributed by atoms with Crippen LogP contribution in [0.15, 0.2) is 29.4 Å². The summed E-state index contributed by atoms with van der Waals surface area (Å²) >= 11 is 1.15.